The predicted molar refractivity (Wildman–Crippen MR) is 83.9 cm³/mol. The van der Waals surface area contributed by atoms with E-state index in [1.54, 1.807) is 0 Å². The van der Waals surface area contributed by atoms with E-state index in [4.69, 9.17) is 5.10 Å². The number of aromatic nitrogens is 2. The number of rotatable bonds is 1. The predicted octanol–water partition coefficient (Wildman–Crippen LogP) is 3.75. The first-order valence-electron chi connectivity index (χ1n) is 7.32. The van der Waals surface area contributed by atoms with Crippen LogP contribution >= 0.6 is 0 Å². The van der Waals surface area contributed by atoms with Crippen molar-refractivity contribution in [3.63, 3.8) is 0 Å². The van der Waals surface area contributed by atoms with E-state index in [1.807, 2.05) is 0 Å². The van der Waals surface area contributed by atoms with Crippen molar-refractivity contribution in [3.8, 4) is 5.69 Å². The van der Waals surface area contributed by atoms with Crippen LogP contribution in [0.15, 0.2) is 18.2 Å². The number of hydrogen-bond donors (Lipinski definition) is 1. The first kappa shape index (κ1) is 13.2. The smallest absolute Gasteiger partial charge is 0.133 e. The normalized spacial score (nSPS) is 14.2. The van der Waals surface area contributed by atoms with Gasteiger partial charge in [0.25, 0.3) is 0 Å². The molecule has 2 heterocycles. The fraction of sp³-hybridized carbons (Fsp3) is 0.471. The highest BCUT2D eigenvalue weighted by atomic mass is 15.3. The molecular weight excluding hydrogens is 246 g/mol. The number of fused-ring (bicyclic) bond motifs is 1. The highest BCUT2D eigenvalue weighted by Gasteiger charge is 2.29. The van der Waals surface area contributed by atoms with Crippen LogP contribution in [0, 0.1) is 13.8 Å². The molecule has 0 unspecified atom stereocenters. The van der Waals surface area contributed by atoms with E-state index < -0.39 is 0 Å². The minimum absolute atomic E-state index is 0.0824. The number of nitrogens with one attached hydrogen (secondary N) is 1. The second kappa shape index (κ2) is 4.37. The summed E-state index contributed by atoms with van der Waals surface area (Å²) in [6, 6.07) is 6.42. The van der Waals surface area contributed by atoms with Gasteiger partial charge in [0, 0.05) is 17.5 Å². The number of anilines is 1. The molecule has 0 amide bonds. The zero-order valence-corrected chi connectivity index (χ0v) is 13.0. The summed E-state index contributed by atoms with van der Waals surface area (Å²) in [5.74, 6) is 1.18. The third-order valence-corrected chi connectivity index (χ3v) is 4.17. The van der Waals surface area contributed by atoms with E-state index in [0.717, 1.165) is 13.0 Å². The van der Waals surface area contributed by atoms with Crippen molar-refractivity contribution in [2.75, 3.05) is 11.9 Å². The first-order valence-corrected chi connectivity index (χ1v) is 7.32. The first-order chi connectivity index (χ1) is 9.39. The maximum Gasteiger partial charge on any atom is 0.133 e. The minimum atomic E-state index is 0.0824. The van der Waals surface area contributed by atoms with Crippen LogP contribution in [0.4, 0.5) is 5.82 Å². The van der Waals surface area contributed by atoms with Crippen LogP contribution in [0.5, 0.6) is 0 Å². The standard InChI is InChI=1S/C17H23N3/c1-11-7-6-8-14(12(11)2)20-16-13(9-10-18-16)15(19-20)17(3,4)5/h6-8,18H,9-10H2,1-5H3. The molecule has 2 aromatic rings. The molecule has 106 valence electrons. The Morgan fingerprint density at radius 1 is 1.20 bits per heavy atom. The van der Waals surface area contributed by atoms with Gasteiger partial charge < -0.3 is 5.32 Å². The molecule has 0 radical (unpaired) electrons. The molecule has 1 aliphatic rings. The van der Waals surface area contributed by atoms with Gasteiger partial charge in [0.05, 0.1) is 11.4 Å². The molecule has 1 N–H and O–H groups in total. The Morgan fingerprint density at radius 3 is 2.65 bits per heavy atom. The average molecular weight is 269 g/mol. The number of hydrogen-bond acceptors (Lipinski definition) is 2. The molecule has 20 heavy (non-hydrogen) atoms. The van der Waals surface area contributed by atoms with Crippen LogP contribution < -0.4 is 5.32 Å². The largest absolute Gasteiger partial charge is 0.369 e. The van der Waals surface area contributed by atoms with Crippen molar-refractivity contribution in [1.82, 2.24) is 9.78 Å². The average Bonchev–Trinajstić information content (AvgIpc) is 2.93. The third kappa shape index (κ3) is 1.92. The maximum absolute atomic E-state index is 4.93. The van der Waals surface area contributed by atoms with E-state index in [2.05, 4.69) is 62.8 Å². The Labute approximate surface area is 121 Å². The Balaban J connectivity index is 2.23. The highest BCUT2D eigenvalue weighted by Crippen LogP contribution is 2.35. The fourth-order valence-corrected chi connectivity index (χ4v) is 2.92. The molecule has 0 bridgehead atoms. The summed E-state index contributed by atoms with van der Waals surface area (Å²) in [6.45, 7) is 12.1. The quantitative estimate of drug-likeness (QED) is 0.854. The van der Waals surface area contributed by atoms with Gasteiger partial charge >= 0.3 is 0 Å². The third-order valence-electron chi connectivity index (χ3n) is 4.17. The molecular formula is C17H23N3. The van der Waals surface area contributed by atoms with Crippen molar-refractivity contribution < 1.29 is 0 Å². The summed E-state index contributed by atoms with van der Waals surface area (Å²) in [6.07, 6.45) is 1.08. The van der Waals surface area contributed by atoms with Crippen molar-refractivity contribution in [2.24, 2.45) is 0 Å². The van der Waals surface area contributed by atoms with E-state index in [-0.39, 0.29) is 5.41 Å². The van der Waals surface area contributed by atoms with Gasteiger partial charge in [0.2, 0.25) is 0 Å². The van der Waals surface area contributed by atoms with Gasteiger partial charge in [-0.05, 0) is 37.5 Å². The molecule has 1 aliphatic heterocycles. The lowest BCUT2D eigenvalue weighted by Gasteiger charge is -2.16. The Kier molecular flexibility index (Phi) is 2.89. The Morgan fingerprint density at radius 2 is 1.95 bits per heavy atom. The Hall–Kier alpha value is -1.77. The van der Waals surface area contributed by atoms with E-state index >= 15 is 0 Å². The van der Waals surface area contributed by atoms with Crippen molar-refractivity contribution in [2.45, 2.75) is 46.5 Å². The van der Waals surface area contributed by atoms with E-state index in [9.17, 15) is 0 Å². The second-order valence-electron chi connectivity index (χ2n) is 6.73. The zero-order valence-electron chi connectivity index (χ0n) is 13.0. The maximum atomic E-state index is 4.93. The van der Waals surface area contributed by atoms with Crippen LogP contribution in [0.25, 0.3) is 5.69 Å². The topological polar surface area (TPSA) is 29.9 Å². The number of aryl methyl sites for hydroxylation is 1. The summed E-state index contributed by atoms with van der Waals surface area (Å²) in [7, 11) is 0. The van der Waals surface area contributed by atoms with Crippen LogP contribution in [0.3, 0.4) is 0 Å². The van der Waals surface area contributed by atoms with Gasteiger partial charge in [-0.1, -0.05) is 32.9 Å². The van der Waals surface area contributed by atoms with Crippen LogP contribution in [0.2, 0.25) is 0 Å². The van der Waals surface area contributed by atoms with Crippen molar-refractivity contribution in [3.05, 3.63) is 40.6 Å². The molecule has 0 saturated carbocycles. The summed E-state index contributed by atoms with van der Waals surface area (Å²) in [4.78, 5) is 0. The second-order valence-corrected chi connectivity index (χ2v) is 6.73. The van der Waals surface area contributed by atoms with Crippen LogP contribution in [-0.2, 0) is 11.8 Å². The summed E-state index contributed by atoms with van der Waals surface area (Å²) in [5.41, 5.74) is 6.48. The van der Waals surface area contributed by atoms with Gasteiger partial charge in [-0.25, -0.2) is 4.68 Å². The lowest BCUT2D eigenvalue weighted by atomic mass is 9.89. The monoisotopic (exact) mass is 269 g/mol. The van der Waals surface area contributed by atoms with Crippen molar-refractivity contribution in [1.29, 1.82) is 0 Å². The molecule has 1 aromatic heterocycles. The number of benzene rings is 1. The molecule has 0 saturated heterocycles. The Bertz CT molecular complexity index is 660. The fourth-order valence-electron chi connectivity index (χ4n) is 2.92. The molecule has 0 aliphatic carbocycles. The molecule has 3 nitrogen and oxygen atoms in total. The zero-order chi connectivity index (χ0) is 14.5. The lowest BCUT2D eigenvalue weighted by Crippen LogP contribution is -2.15. The SMILES string of the molecule is Cc1cccc(-n2nc(C(C)(C)C)c3c2NCC3)c1C. The van der Waals surface area contributed by atoms with Gasteiger partial charge in [-0.3, -0.25) is 0 Å². The van der Waals surface area contributed by atoms with Gasteiger partial charge in [0.1, 0.15) is 5.82 Å². The van der Waals surface area contributed by atoms with Gasteiger partial charge in [-0.2, -0.15) is 5.10 Å². The number of nitrogens with zero attached hydrogens (tertiary/aromatic N) is 2. The minimum Gasteiger partial charge on any atom is -0.369 e. The van der Waals surface area contributed by atoms with E-state index in [0.29, 0.717) is 0 Å². The van der Waals surface area contributed by atoms with Crippen molar-refractivity contribution >= 4 is 5.82 Å². The van der Waals surface area contributed by atoms with Crippen LogP contribution in [-0.4, -0.2) is 16.3 Å². The lowest BCUT2D eigenvalue weighted by molar-refractivity contribution is 0.554. The van der Waals surface area contributed by atoms with E-state index in [1.165, 1.54) is 33.9 Å². The molecule has 0 spiro atoms. The molecule has 3 rings (SSSR count). The molecule has 1 aromatic carbocycles. The van der Waals surface area contributed by atoms with Gasteiger partial charge in [-0.15, -0.1) is 0 Å². The molecule has 0 fully saturated rings. The molecule has 0 atom stereocenters. The van der Waals surface area contributed by atoms with Crippen LogP contribution in [0.1, 0.15) is 43.2 Å². The van der Waals surface area contributed by atoms with Gasteiger partial charge in [0.15, 0.2) is 0 Å². The summed E-state index contributed by atoms with van der Waals surface area (Å²) < 4.78 is 2.10. The molecule has 3 heteroatoms. The highest BCUT2D eigenvalue weighted by molar-refractivity contribution is 5.60. The summed E-state index contributed by atoms with van der Waals surface area (Å²) in [5, 5.41) is 8.44. The summed E-state index contributed by atoms with van der Waals surface area (Å²) >= 11 is 0.